The topological polar surface area (TPSA) is 67.0 Å². The highest BCUT2D eigenvalue weighted by molar-refractivity contribution is 6.51. The summed E-state index contributed by atoms with van der Waals surface area (Å²) in [4.78, 5) is 12.6. The number of aryl methyl sites for hydroxylation is 1. The summed E-state index contributed by atoms with van der Waals surface area (Å²) in [5.74, 6) is 2.81. The van der Waals surface area contributed by atoms with Gasteiger partial charge in [0.05, 0.1) is 41.1 Å². The summed E-state index contributed by atoms with van der Waals surface area (Å²) in [6.45, 7) is 4.57. The zero-order valence-corrected chi connectivity index (χ0v) is 23.4. The zero-order valence-electron chi connectivity index (χ0n) is 22.6. The van der Waals surface area contributed by atoms with Crippen LogP contribution in [0.5, 0.6) is 5.75 Å². The van der Waals surface area contributed by atoms with Crippen LogP contribution in [0.2, 0.25) is 5.02 Å². The molecule has 0 amide bonds. The van der Waals surface area contributed by atoms with Gasteiger partial charge in [-0.25, -0.2) is 14.7 Å². The molecule has 8 heteroatoms. The van der Waals surface area contributed by atoms with Crippen molar-refractivity contribution in [3.63, 3.8) is 0 Å². The molecular formula is C33H27ClN6O. The van der Waals surface area contributed by atoms with Gasteiger partial charge in [0.2, 0.25) is 0 Å². The van der Waals surface area contributed by atoms with Crippen LogP contribution < -0.4 is 15.0 Å². The fourth-order valence-electron chi connectivity index (χ4n) is 5.52. The molecule has 2 aliphatic heterocycles. The van der Waals surface area contributed by atoms with E-state index in [9.17, 15) is 0 Å². The number of aliphatic imine (C=N–C) groups is 2. The molecule has 0 spiro atoms. The smallest absolute Gasteiger partial charge is 0.179 e. The summed E-state index contributed by atoms with van der Waals surface area (Å²) < 4.78 is 7.84. The lowest BCUT2D eigenvalue weighted by atomic mass is 9.93. The van der Waals surface area contributed by atoms with E-state index < -0.39 is 0 Å². The van der Waals surface area contributed by atoms with Crippen molar-refractivity contribution in [3.8, 4) is 11.4 Å². The summed E-state index contributed by atoms with van der Waals surface area (Å²) in [6.07, 6.45) is 0. The van der Waals surface area contributed by atoms with E-state index in [0.29, 0.717) is 23.3 Å². The van der Waals surface area contributed by atoms with E-state index in [2.05, 4.69) is 22.3 Å². The average Bonchev–Trinajstić information content (AvgIpc) is 3.33. The van der Waals surface area contributed by atoms with E-state index in [4.69, 9.17) is 31.4 Å². The first-order valence-electron chi connectivity index (χ1n) is 13.6. The Labute approximate surface area is 243 Å². The maximum atomic E-state index is 6.57. The second kappa shape index (κ2) is 10.3. The number of nitrogens with one attached hydrogen (secondary N) is 1. The van der Waals surface area contributed by atoms with Crippen molar-refractivity contribution < 1.29 is 4.74 Å². The minimum Gasteiger partial charge on any atom is -0.492 e. The number of hydrogen-bond donors (Lipinski definition) is 1. The number of aromatic nitrogens is 2. The van der Waals surface area contributed by atoms with Crippen LogP contribution in [0.4, 0.5) is 22.9 Å². The average molecular weight is 559 g/mol. The van der Waals surface area contributed by atoms with E-state index in [0.717, 1.165) is 51.1 Å². The van der Waals surface area contributed by atoms with Crippen molar-refractivity contribution in [2.24, 2.45) is 9.98 Å². The lowest BCUT2D eigenvalue weighted by Crippen LogP contribution is -2.46. The van der Waals surface area contributed by atoms with Gasteiger partial charge >= 0.3 is 0 Å². The van der Waals surface area contributed by atoms with Crippen LogP contribution in [0, 0.1) is 6.92 Å². The Morgan fingerprint density at radius 3 is 2.49 bits per heavy atom. The third-order valence-corrected chi connectivity index (χ3v) is 7.48. The molecule has 41 heavy (non-hydrogen) atoms. The van der Waals surface area contributed by atoms with Crippen molar-refractivity contribution in [2.75, 3.05) is 16.8 Å². The molecule has 0 saturated carbocycles. The molecule has 0 aliphatic carbocycles. The number of nitrogens with zero attached hydrogens (tertiary/aromatic N) is 5. The van der Waals surface area contributed by atoms with Crippen molar-refractivity contribution in [2.45, 2.75) is 19.9 Å². The predicted molar refractivity (Wildman–Crippen MR) is 166 cm³/mol. The van der Waals surface area contributed by atoms with Crippen LogP contribution in [0.1, 0.15) is 29.8 Å². The molecule has 1 N–H and O–H groups in total. The molecule has 1 atom stereocenters. The highest BCUT2D eigenvalue weighted by atomic mass is 35.5. The van der Waals surface area contributed by atoms with E-state index in [1.165, 1.54) is 0 Å². The third kappa shape index (κ3) is 4.35. The second-order valence-electron chi connectivity index (χ2n) is 9.84. The number of fused-ring (bicyclic) bond motifs is 4. The Morgan fingerprint density at radius 1 is 0.878 bits per heavy atom. The quantitative estimate of drug-likeness (QED) is 0.237. The minimum atomic E-state index is -0.246. The van der Waals surface area contributed by atoms with Gasteiger partial charge in [0.15, 0.2) is 17.5 Å². The molecule has 0 unspecified atom stereocenters. The van der Waals surface area contributed by atoms with Gasteiger partial charge in [0.25, 0.3) is 0 Å². The molecule has 0 radical (unpaired) electrons. The zero-order chi connectivity index (χ0) is 27.9. The number of hydrogen-bond acceptors (Lipinski definition) is 6. The lowest BCUT2D eigenvalue weighted by molar-refractivity contribution is 0.342. The molecule has 0 bridgehead atoms. The third-order valence-electron chi connectivity index (χ3n) is 7.24. The Hall–Kier alpha value is -4.88. The minimum absolute atomic E-state index is 0.246. The normalized spacial score (nSPS) is 15.3. The van der Waals surface area contributed by atoms with E-state index in [1.54, 1.807) is 0 Å². The summed E-state index contributed by atoms with van der Waals surface area (Å²) in [5.41, 5.74) is 6.49. The molecule has 7 nitrogen and oxygen atoms in total. The van der Waals surface area contributed by atoms with Gasteiger partial charge < -0.3 is 15.0 Å². The van der Waals surface area contributed by atoms with Crippen LogP contribution in [0.15, 0.2) is 113 Å². The van der Waals surface area contributed by atoms with Crippen molar-refractivity contribution in [1.82, 2.24) is 9.78 Å². The number of rotatable bonds is 5. The maximum absolute atomic E-state index is 6.57. The molecule has 7 rings (SSSR count). The van der Waals surface area contributed by atoms with Crippen LogP contribution in [0.25, 0.3) is 5.69 Å². The fraction of sp³-hybridized carbons (Fsp3) is 0.121. The van der Waals surface area contributed by atoms with Crippen LogP contribution >= 0.6 is 11.6 Å². The fourth-order valence-corrected chi connectivity index (χ4v) is 5.72. The summed E-state index contributed by atoms with van der Waals surface area (Å²) in [7, 11) is 0. The van der Waals surface area contributed by atoms with Crippen LogP contribution in [-0.4, -0.2) is 28.1 Å². The molecule has 5 aromatic rings. The number of ether oxygens (including phenoxy) is 1. The second-order valence-corrected chi connectivity index (χ2v) is 10.3. The number of para-hydroxylation sites is 5. The van der Waals surface area contributed by atoms with Crippen molar-refractivity contribution in [1.29, 1.82) is 0 Å². The van der Waals surface area contributed by atoms with E-state index in [1.807, 2.05) is 110 Å². The summed E-state index contributed by atoms with van der Waals surface area (Å²) >= 11 is 6.57. The Morgan fingerprint density at radius 2 is 1.66 bits per heavy atom. The Balaban J connectivity index is 1.49. The SMILES string of the molecule is CCOc1ccccc1NC1=Nc2ccccc2N2C1=Nc1c(c(C)nn1-c1ccccc1)[C@H]2c1cccc(Cl)c1. The van der Waals surface area contributed by atoms with E-state index in [-0.39, 0.29) is 6.04 Å². The molecular weight excluding hydrogens is 532 g/mol. The van der Waals surface area contributed by atoms with Gasteiger partial charge in [0.1, 0.15) is 5.75 Å². The number of benzene rings is 4. The standard InChI is InChI=1S/C33H27ClN6O/c1-3-41-28-19-10-8-17-26(28)36-31-33-37-32-29(21(2)38-40(32)24-14-5-4-6-15-24)30(22-12-11-13-23(34)20-22)39(33)27-18-9-7-16-25(27)35-31/h4-20,30H,3H2,1-2H3,(H,35,36)/t30-/m1/s1. The first-order chi connectivity index (χ1) is 20.1. The van der Waals surface area contributed by atoms with Crippen molar-refractivity contribution in [3.05, 3.63) is 125 Å². The number of halogens is 1. The predicted octanol–water partition coefficient (Wildman–Crippen LogP) is 8.03. The molecule has 202 valence electrons. The largest absolute Gasteiger partial charge is 0.492 e. The van der Waals surface area contributed by atoms with Gasteiger partial charge in [-0.15, -0.1) is 0 Å². The number of amidine groups is 2. The molecule has 2 aliphatic rings. The van der Waals surface area contributed by atoms with Crippen LogP contribution in [0.3, 0.4) is 0 Å². The van der Waals surface area contributed by atoms with Crippen molar-refractivity contribution >= 4 is 46.2 Å². The highest BCUT2D eigenvalue weighted by Crippen LogP contribution is 2.48. The summed E-state index contributed by atoms with van der Waals surface area (Å²) in [6, 6.07) is 33.8. The molecule has 1 aromatic heterocycles. The van der Waals surface area contributed by atoms with Gasteiger partial charge in [-0.2, -0.15) is 5.10 Å². The lowest BCUT2D eigenvalue weighted by Gasteiger charge is -2.40. The summed E-state index contributed by atoms with van der Waals surface area (Å²) in [5, 5.41) is 9.21. The van der Waals surface area contributed by atoms with Crippen LogP contribution in [-0.2, 0) is 0 Å². The Kier molecular flexibility index (Phi) is 6.29. The first kappa shape index (κ1) is 25.1. The van der Waals surface area contributed by atoms with Gasteiger partial charge in [-0.1, -0.05) is 66.2 Å². The molecule has 0 fully saturated rings. The van der Waals surface area contributed by atoms with E-state index >= 15 is 0 Å². The molecule has 3 heterocycles. The molecule has 0 saturated heterocycles. The maximum Gasteiger partial charge on any atom is 0.179 e. The highest BCUT2D eigenvalue weighted by Gasteiger charge is 2.41. The van der Waals surface area contributed by atoms with Gasteiger partial charge in [-0.3, -0.25) is 0 Å². The number of anilines is 2. The Bertz CT molecular complexity index is 1830. The monoisotopic (exact) mass is 558 g/mol. The first-order valence-corrected chi connectivity index (χ1v) is 14.0. The molecule has 4 aromatic carbocycles. The van der Waals surface area contributed by atoms with Gasteiger partial charge in [-0.05, 0) is 67.9 Å². The van der Waals surface area contributed by atoms with Gasteiger partial charge in [0, 0.05) is 10.6 Å².